The fourth-order valence-electron chi connectivity index (χ4n) is 2.04. The minimum Gasteiger partial charge on any atom is -0.396 e. The van der Waals surface area contributed by atoms with Crippen LogP contribution in [0.3, 0.4) is 0 Å². The van der Waals surface area contributed by atoms with Gasteiger partial charge in [-0.15, -0.1) is 0 Å². The molecule has 2 aromatic carbocycles. The van der Waals surface area contributed by atoms with E-state index < -0.39 is 0 Å². The van der Waals surface area contributed by atoms with Crippen LogP contribution in [0.25, 0.3) is 11.1 Å². The number of aryl methyl sites for hydroxylation is 1. The molecule has 2 nitrogen and oxygen atoms in total. The molecule has 19 heavy (non-hydrogen) atoms. The predicted molar refractivity (Wildman–Crippen MR) is 77.3 cm³/mol. The molecule has 2 aromatic rings. The first-order valence-corrected chi connectivity index (χ1v) is 6.52. The molecule has 0 saturated carbocycles. The molecule has 0 aliphatic carbocycles. The standard InChI is InChI=1S/C17H18O2/c1-13(19)15-8-10-17(11-9-15)16-6-4-14(5-7-16)3-2-12-18/h4-11,18H,2-3,12H2,1H3. The minimum atomic E-state index is 0.0888. The van der Waals surface area contributed by atoms with Crippen LogP contribution in [0.4, 0.5) is 0 Å². The number of aliphatic hydroxyl groups is 1. The third-order valence-corrected chi connectivity index (χ3v) is 3.20. The molecule has 0 fully saturated rings. The van der Waals surface area contributed by atoms with Gasteiger partial charge >= 0.3 is 0 Å². The Morgan fingerprint density at radius 3 is 1.95 bits per heavy atom. The quantitative estimate of drug-likeness (QED) is 0.829. The molecule has 2 heteroatoms. The van der Waals surface area contributed by atoms with Crippen molar-refractivity contribution in [3.8, 4) is 11.1 Å². The Morgan fingerprint density at radius 2 is 1.47 bits per heavy atom. The predicted octanol–water partition coefficient (Wildman–Crippen LogP) is 3.48. The first kappa shape index (κ1) is 13.5. The first-order chi connectivity index (χ1) is 9.20. The number of carbonyl (C=O) groups excluding carboxylic acids is 1. The highest BCUT2D eigenvalue weighted by Gasteiger charge is 2.01. The van der Waals surface area contributed by atoms with Crippen LogP contribution in [0, 0.1) is 0 Å². The van der Waals surface area contributed by atoms with Crippen molar-refractivity contribution in [3.05, 3.63) is 59.7 Å². The lowest BCUT2D eigenvalue weighted by Crippen LogP contribution is -1.91. The van der Waals surface area contributed by atoms with Gasteiger partial charge in [0.2, 0.25) is 0 Å². The summed E-state index contributed by atoms with van der Waals surface area (Å²) in [5, 5.41) is 8.80. The van der Waals surface area contributed by atoms with Crippen molar-refractivity contribution in [1.29, 1.82) is 0 Å². The lowest BCUT2D eigenvalue weighted by molar-refractivity contribution is 0.101. The minimum absolute atomic E-state index is 0.0888. The second-order valence-corrected chi connectivity index (χ2v) is 4.66. The Morgan fingerprint density at radius 1 is 0.947 bits per heavy atom. The average molecular weight is 254 g/mol. The molecule has 0 spiro atoms. The Labute approximate surface area is 113 Å². The van der Waals surface area contributed by atoms with Gasteiger partial charge in [0, 0.05) is 12.2 Å². The summed E-state index contributed by atoms with van der Waals surface area (Å²) in [5.41, 5.74) is 4.23. The van der Waals surface area contributed by atoms with E-state index in [0.29, 0.717) is 0 Å². The summed E-state index contributed by atoms with van der Waals surface area (Å²) in [5.74, 6) is 0.0888. The van der Waals surface area contributed by atoms with Crippen LogP contribution >= 0.6 is 0 Å². The first-order valence-electron chi connectivity index (χ1n) is 6.52. The second kappa shape index (κ2) is 6.30. The molecule has 0 atom stereocenters. The highest BCUT2D eigenvalue weighted by atomic mass is 16.2. The zero-order valence-electron chi connectivity index (χ0n) is 11.1. The SMILES string of the molecule is CC(=O)c1ccc(-c2ccc(CCCO)cc2)cc1. The van der Waals surface area contributed by atoms with Gasteiger partial charge in [-0.3, -0.25) is 4.79 Å². The summed E-state index contributed by atoms with van der Waals surface area (Å²) < 4.78 is 0. The van der Waals surface area contributed by atoms with Crippen LogP contribution in [0.15, 0.2) is 48.5 Å². The summed E-state index contributed by atoms with van der Waals surface area (Å²) in [4.78, 5) is 11.2. The number of benzene rings is 2. The van der Waals surface area contributed by atoms with Gasteiger partial charge in [0.05, 0.1) is 0 Å². The number of Topliss-reactive ketones (excluding diaryl/α,β-unsaturated/α-hetero) is 1. The number of aliphatic hydroxyl groups excluding tert-OH is 1. The van der Waals surface area contributed by atoms with E-state index in [0.717, 1.165) is 29.5 Å². The molecule has 1 N–H and O–H groups in total. The maximum absolute atomic E-state index is 11.2. The fraction of sp³-hybridized carbons (Fsp3) is 0.235. The molecule has 98 valence electrons. The summed E-state index contributed by atoms with van der Waals surface area (Å²) in [6, 6.07) is 16.0. The van der Waals surface area contributed by atoms with Gasteiger partial charge in [-0.2, -0.15) is 0 Å². The van der Waals surface area contributed by atoms with Crippen LogP contribution in [0.5, 0.6) is 0 Å². The molecular weight excluding hydrogens is 236 g/mol. The second-order valence-electron chi connectivity index (χ2n) is 4.66. The van der Waals surface area contributed by atoms with Crippen LogP contribution < -0.4 is 0 Å². The van der Waals surface area contributed by atoms with Crippen LogP contribution in [-0.2, 0) is 6.42 Å². The van der Waals surface area contributed by atoms with Gasteiger partial charge in [-0.25, -0.2) is 0 Å². The summed E-state index contributed by atoms with van der Waals surface area (Å²) >= 11 is 0. The highest BCUT2D eigenvalue weighted by Crippen LogP contribution is 2.21. The molecule has 0 aliphatic heterocycles. The van der Waals surface area contributed by atoms with Gasteiger partial charge in [-0.05, 0) is 36.5 Å². The van der Waals surface area contributed by atoms with E-state index in [2.05, 4.69) is 24.3 Å². The van der Waals surface area contributed by atoms with Crippen LogP contribution in [0.2, 0.25) is 0 Å². The van der Waals surface area contributed by atoms with Crippen LogP contribution in [-0.4, -0.2) is 17.5 Å². The topological polar surface area (TPSA) is 37.3 Å². The highest BCUT2D eigenvalue weighted by molar-refractivity contribution is 5.94. The van der Waals surface area contributed by atoms with Gasteiger partial charge in [-0.1, -0.05) is 48.5 Å². The Bertz CT molecular complexity index is 538. The molecular formula is C17H18O2. The number of rotatable bonds is 5. The molecule has 0 amide bonds. The van der Waals surface area contributed by atoms with E-state index in [-0.39, 0.29) is 12.4 Å². The monoisotopic (exact) mass is 254 g/mol. The van der Waals surface area contributed by atoms with Gasteiger partial charge in [0.1, 0.15) is 0 Å². The Hall–Kier alpha value is -1.93. The molecule has 0 aliphatic rings. The van der Waals surface area contributed by atoms with E-state index in [1.807, 2.05) is 24.3 Å². The maximum Gasteiger partial charge on any atom is 0.159 e. The summed E-state index contributed by atoms with van der Waals surface area (Å²) in [6.45, 7) is 1.80. The van der Waals surface area contributed by atoms with Gasteiger partial charge in [0.25, 0.3) is 0 Å². The lowest BCUT2D eigenvalue weighted by atomic mass is 10.0. The zero-order valence-corrected chi connectivity index (χ0v) is 11.1. The Balaban J connectivity index is 2.15. The largest absolute Gasteiger partial charge is 0.396 e. The van der Waals surface area contributed by atoms with E-state index in [4.69, 9.17) is 5.11 Å². The smallest absolute Gasteiger partial charge is 0.159 e. The van der Waals surface area contributed by atoms with E-state index >= 15 is 0 Å². The van der Waals surface area contributed by atoms with Crippen molar-refractivity contribution >= 4 is 5.78 Å². The summed E-state index contributed by atoms with van der Waals surface area (Å²) in [7, 11) is 0. The fourth-order valence-corrected chi connectivity index (χ4v) is 2.04. The van der Waals surface area contributed by atoms with Crippen molar-refractivity contribution in [2.45, 2.75) is 19.8 Å². The van der Waals surface area contributed by atoms with Crippen molar-refractivity contribution in [3.63, 3.8) is 0 Å². The van der Waals surface area contributed by atoms with E-state index in [1.165, 1.54) is 5.56 Å². The van der Waals surface area contributed by atoms with Crippen molar-refractivity contribution < 1.29 is 9.90 Å². The van der Waals surface area contributed by atoms with E-state index in [9.17, 15) is 4.79 Å². The number of hydrogen-bond acceptors (Lipinski definition) is 2. The molecule has 0 unspecified atom stereocenters. The summed E-state index contributed by atoms with van der Waals surface area (Å²) in [6.07, 6.45) is 1.70. The zero-order chi connectivity index (χ0) is 13.7. The maximum atomic E-state index is 11.2. The van der Waals surface area contributed by atoms with Crippen molar-refractivity contribution in [2.24, 2.45) is 0 Å². The number of ketones is 1. The lowest BCUT2D eigenvalue weighted by Gasteiger charge is -2.05. The Kier molecular flexibility index (Phi) is 4.48. The molecule has 0 aromatic heterocycles. The molecule has 0 heterocycles. The number of carbonyl (C=O) groups is 1. The van der Waals surface area contributed by atoms with Crippen LogP contribution in [0.1, 0.15) is 29.3 Å². The molecule has 2 rings (SSSR count). The number of hydrogen-bond donors (Lipinski definition) is 1. The molecule has 0 saturated heterocycles. The molecule has 0 radical (unpaired) electrons. The average Bonchev–Trinajstić information content (AvgIpc) is 2.46. The molecule has 0 bridgehead atoms. The van der Waals surface area contributed by atoms with Crippen molar-refractivity contribution in [1.82, 2.24) is 0 Å². The third-order valence-electron chi connectivity index (χ3n) is 3.20. The van der Waals surface area contributed by atoms with Gasteiger partial charge < -0.3 is 5.11 Å². The normalized spacial score (nSPS) is 10.4. The van der Waals surface area contributed by atoms with E-state index in [1.54, 1.807) is 6.92 Å². The van der Waals surface area contributed by atoms with Gasteiger partial charge in [0.15, 0.2) is 5.78 Å². The third kappa shape index (κ3) is 3.52. The van der Waals surface area contributed by atoms with Crippen molar-refractivity contribution in [2.75, 3.05) is 6.61 Å².